The van der Waals surface area contributed by atoms with Gasteiger partial charge in [-0.3, -0.25) is 0 Å². The number of hydrogen-bond acceptors (Lipinski definition) is 2. The highest BCUT2D eigenvalue weighted by Crippen LogP contribution is 2.17. The van der Waals surface area contributed by atoms with Crippen LogP contribution in [0.25, 0.3) is 0 Å². The summed E-state index contributed by atoms with van der Waals surface area (Å²) in [4.78, 5) is 0. The largest absolute Gasteiger partial charge is 0.394 e. The minimum Gasteiger partial charge on any atom is -0.394 e. The van der Waals surface area contributed by atoms with Crippen molar-refractivity contribution in [3.8, 4) is 0 Å². The highest BCUT2D eigenvalue weighted by Gasteiger charge is 2.09. The molecule has 66 valence electrons. The fraction of sp³-hybridized carbons (Fsp3) is 0.250. The standard InChI is InChI=1S/C8H9FINO/c9-7-2-1-5(10)3-6(7)8(11)4-12/h1-3,8,12H,4,11H2/t8-/m1/s1. The molecule has 0 aliphatic heterocycles. The summed E-state index contributed by atoms with van der Waals surface area (Å²) in [6, 6.07) is 4.02. The highest BCUT2D eigenvalue weighted by atomic mass is 127. The van der Waals surface area contributed by atoms with Gasteiger partial charge in [-0.2, -0.15) is 0 Å². The van der Waals surface area contributed by atoms with Crippen LogP contribution < -0.4 is 5.73 Å². The van der Waals surface area contributed by atoms with Gasteiger partial charge < -0.3 is 10.8 Å². The third kappa shape index (κ3) is 2.15. The SMILES string of the molecule is N[C@H](CO)c1cc(I)ccc1F. The molecule has 1 aromatic rings. The molecule has 0 heterocycles. The quantitative estimate of drug-likeness (QED) is 0.805. The molecule has 1 rings (SSSR count). The average Bonchev–Trinajstić information content (AvgIpc) is 2.08. The number of benzene rings is 1. The zero-order valence-corrected chi connectivity index (χ0v) is 8.45. The molecule has 0 saturated heterocycles. The molecular weight excluding hydrogens is 272 g/mol. The Morgan fingerprint density at radius 2 is 2.25 bits per heavy atom. The van der Waals surface area contributed by atoms with E-state index in [0.717, 1.165) is 3.57 Å². The maximum Gasteiger partial charge on any atom is 0.128 e. The molecule has 0 saturated carbocycles. The number of hydrogen-bond donors (Lipinski definition) is 2. The van der Waals surface area contributed by atoms with Crippen molar-refractivity contribution in [2.24, 2.45) is 5.73 Å². The Kier molecular flexibility index (Phi) is 3.42. The number of halogens is 2. The van der Waals surface area contributed by atoms with Gasteiger partial charge >= 0.3 is 0 Å². The molecule has 2 nitrogen and oxygen atoms in total. The van der Waals surface area contributed by atoms with Crippen LogP contribution in [-0.2, 0) is 0 Å². The summed E-state index contributed by atoms with van der Waals surface area (Å²) >= 11 is 2.07. The van der Waals surface area contributed by atoms with E-state index in [9.17, 15) is 4.39 Å². The fourth-order valence-electron chi connectivity index (χ4n) is 0.897. The van der Waals surface area contributed by atoms with Crippen molar-refractivity contribution in [3.63, 3.8) is 0 Å². The minimum atomic E-state index is -0.625. The van der Waals surface area contributed by atoms with Crippen molar-refractivity contribution < 1.29 is 9.50 Å². The fourth-order valence-corrected chi connectivity index (χ4v) is 1.41. The number of nitrogens with two attached hydrogens (primary N) is 1. The molecule has 0 amide bonds. The molecule has 0 aromatic heterocycles. The van der Waals surface area contributed by atoms with Crippen LogP contribution in [0.3, 0.4) is 0 Å². The van der Waals surface area contributed by atoms with Gasteiger partial charge in [0.25, 0.3) is 0 Å². The summed E-state index contributed by atoms with van der Waals surface area (Å²) in [5.41, 5.74) is 5.84. The van der Waals surface area contributed by atoms with Gasteiger partial charge in [0.2, 0.25) is 0 Å². The molecule has 0 unspecified atom stereocenters. The van der Waals surface area contributed by atoms with E-state index < -0.39 is 6.04 Å². The van der Waals surface area contributed by atoms with Gasteiger partial charge in [-0.05, 0) is 40.8 Å². The molecule has 4 heteroatoms. The predicted molar refractivity (Wildman–Crippen MR) is 53.1 cm³/mol. The van der Waals surface area contributed by atoms with Crippen molar-refractivity contribution in [2.75, 3.05) is 6.61 Å². The van der Waals surface area contributed by atoms with Gasteiger partial charge in [-0.25, -0.2) is 4.39 Å². The maximum absolute atomic E-state index is 13.0. The molecule has 12 heavy (non-hydrogen) atoms. The molecule has 1 atom stereocenters. The van der Waals surface area contributed by atoms with Crippen LogP contribution in [0.1, 0.15) is 11.6 Å². The molecule has 0 aliphatic carbocycles. The number of rotatable bonds is 2. The van der Waals surface area contributed by atoms with Gasteiger partial charge in [0.1, 0.15) is 5.82 Å². The zero-order valence-electron chi connectivity index (χ0n) is 6.30. The normalized spacial score (nSPS) is 13.0. The maximum atomic E-state index is 13.0. The summed E-state index contributed by atoms with van der Waals surface area (Å²) in [6.07, 6.45) is 0. The number of aliphatic hydroxyl groups excluding tert-OH is 1. The van der Waals surface area contributed by atoms with Crippen molar-refractivity contribution in [1.29, 1.82) is 0 Å². The third-order valence-corrected chi connectivity index (χ3v) is 2.23. The van der Waals surface area contributed by atoms with Crippen molar-refractivity contribution in [2.45, 2.75) is 6.04 Å². The first-order chi connectivity index (χ1) is 5.65. The Morgan fingerprint density at radius 3 is 2.83 bits per heavy atom. The summed E-state index contributed by atoms with van der Waals surface area (Å²) in [6.45, 7) is -0.239. The van der Waals surface area contributed by atoms with Crippen LogP contribution in [0.4, 0.5) is 4.39 Å². The lowest BCUT2D eigenvalue weighted by Gasteiger charge is -2.09. The first kappa shape index (κ1) is 9.88. The zero-order chi connectivity index (χ0) is 9.14. The monoisotopic (exact) mass is 281 g/mol. The molecule has 0 fully saturated rings. The Hall–Kier alpha value is -0.200. The minimum absolute atomic E-state index is 0.239. The van der Waals surface area contributed by atoms with Crippen molar-refractivity contribution >= 4 is 22.6 Å². The predicted octanol–water partition coefficient (Wildman–Crippen LogP) is 1.42. The third-order valence-electron chi connectivity index (χ3n) is 1.55. The molecule has 0 aliphatic rings. The molecular formula is C8H9FINO. The lowest BCUT2D eigenvalue weighted by atomic mass is 10.1. The summed E-state index contributed by atoms with van der Waals surface area (Å²) in [7, 11) is 0. The van der Waals surface area contributed by atoms with E-state index in [-0.39, 0.29) is 12.4 Å². The van der Waals surface area contributed by atoms with Gasteiger partial charge in [0, 0.05) is 9.13 Å². The van der Waals surface area contributed by atoms with E-state index in [1.807, 2.05) is 0 Å². The second-order valence-electron chi connectivity index (χ2n) is 2.45. The second kappa shape index (κ2) is 4.15. The molecule has 1 aromatic carbocycles. The van der Waals surface area contributed by atoms with Gasteiger partial charge in [-0.15, -0.1) is 0 Å². The van der Waals surface area contributed by atoms with Crippen LogP contribution in [0, 0.1) is 9.39 Å². The summed E-state index contributed by atoms with van der Waals surface area (Å²) < 4.78 is 13.9. The summed E-state index contributed by atoms with van der Waals surface area (Å²) in [5.74, 6) is -0.364. The van der Waals surface area contributed by atoms with Crippen LogP contribution in [0.5, 0.6) is 0 Å². The second-order valence-corrected chi connectivity index (χ2v) is 3.70. The smallest absolute Gasteiger partial charge is 0.128 e. The van der Waals surface area contributed by atoms with E-state index in [4.69, 9.17) is 10.8 Å². The van der Waals surface area contributed by atoms with E-state index in [0.29, 0.717) is 5.56 Å². The molecule has 0 bridgehead atoms. The molecule has 0 radical (unpaired) electrons. The molecule has 3 N–H and O–H groups in total. The lowest BCUT2D eigenvalue weighted by Crippen LogP contribution is -2.16. The van der Waals surface area contributed by atoms with E-state index in [2.05, 4.69) is 22.6 Å². The Labute approximate surface area is 83.7 Å². The number of aliphatic hydroxyl groups is 1. The molecule has 0 spiro atoms. The first-order valence-electron chi connectivity index (χ1n) is 3.46. The Balaban J connectivity index is 3.04. The van der Waals surface area contributed by atoms with Crippen LogP contribution >= 0.6 is 22.6 Å². The Morgan fingerprint density at radius 1 is 1.58 bits per heavy atom. The van der Waals surface area contributed by atoms with E-state index in [1.54, 1.807) is 12.1 Å². The van der Waals surface area contributed by atoms with Gasteiger partial charge in [0.05, 0.1) is 12.6 Å². The Bertz CT molecular complexity index is 280. The lowest BCUT2D eigenvalue weighted by molar-refractivity contribution is 0.265. The van der Waals surface area contributed by atoms with E-state index >= 15 is 0 Å². The van der Waals surface area contributed by atoms with Crippen LogP contribution in [-0.4, -0.2) is 11.7 Å². The van der Waals surface area contributed by atoms with E-state index in [1.165, 1.54) is 6.07 Å². The van der Waals surface area contributed by atoms with Crippen LogP contribution in [0.15, 0.2) is 18.2 Å². The average molecular weight is 281 g/mol. The topological polar surface area (TPSA) is 46.2 Å². The van der Waals surface area contributed by atoms with Gasteiger partial charge in [0.15, 0.2) is 0 Å². The van der Waals surface area contributed by atoms with Crippen molar-refractivity contribution in [1.82, 2.24) is 0 Å². The van der Waals surface area contributed by atoms with Crippen molar-refractivity contribution in [3.05, 3.63) is 33.1 Å². The van der Waals surface area contributed by atoms with Crippen LogP contribution in [0.2, 0.25) is 0 Å². The highest BCUT2D eigenvalue weighted by molar-refractivity contribution is 14.1. The van der Waals surface area contributed by atoms with Gasteiger partial charge in [-0.1, -0.05) is 0 Å². The first-order valence-corrected chi connectivity index (χ1v) is 4.54. The summed E-state index contributed by atoms with van der Waals surface area (Å²) in [5, 5.41) is 8.71.